The van der Waals surface area contributed by atoms with Gasteiger partial charge in [0.05, 0.1) is 6.61 Å². The summed E-state index contributed by atoms with van der Waals surface area (Å²) in [6.45, 7) is 4.64. The molecule has 0 radical (unpaired) electrons. The van der Waals surface area contributed by atoms with Crippen LogP contribution in [0.15, 0.2) is 18.3 Å². The molecule has 1 aromatic rings. The molecule has 1 rings (SSSR count). The summed E-state index contributed by atoms with van der Waals surface area (Å²) in [5.41, 5.74) is 0. The second kappa shape index (κ2) is 4.55. The van der Waals surface area contributed by atoms with Crippen LogP contribution < -0.4 is 4.74 Å². The molecular formula is C9H12N2O3. The molecule has 5 nitrogen and oxygen atoms in total. The van der Waals surface area contributed by atoms with Gasteiger partial charge in [-0.15, -0.1) is 0 Å². The smallest absolute Gasteiger partial charge is 0.363 e. The van der Waals surface area contributed by atoms with Gasteiger partial charge in [-0.1, -0.05) is 13.8 Å². The molecule has 0 saturated heterocycles. The zero-order valence-corrected chi connectivity index (χ0v) is 8.14. The monoisotopic (exact) mass is 196 g/mol. The first kappa shape index (κ1) is 10.4. The lowest BCUT2D eigenvalue weighted by Gasteiger charge is -2.06. The van der Waals surface area contributed by atoms with Gasteiger partial charge < -0.3 is 14.9 Å². The van der Waals surface area contributed by atoms with Gasteiger partial charge in [0, 0.05) is 6.07 Å². The number of hydrogen-bond donors (Lipinski definition) is 0. The van der Waals surface area contributed by atoms with Gasteiger partial charge in [0.25, 0.3) is 0 Å². The summed E-state index contributed by atoms with van der Waals surface area (Å²) in [7, 11) is 0. The van der Waals surface area contributed by atoms with Crippen molar-refractivity contribution in [2.75, 3.05) is 6.61 Å². The van der Waals surface area contributed by atoms with Crippen LogP contribution in [0.1, 0.15) is 13.8 Å². The van der Waals surface area contributed by atoms with E-state index in [-0.39, 0.29) is 5.82 Å². The number of aromatic nitrogens is 1. The highest BCUT2D eigenvalue weighted by Crippen LogP contribution is 2.14. The summed E-state index contributed by atoms with van der Waals surface area (Å²) in [4.78, 5) is 13.4. The van der Waals surface area contributed by atoms with Crippen LogP contribution in [-0.4, -0.2) is 16.5 Å². The third-order valence-corrected chi connectivity index (χ3v) is 1.49. The summed E-state index contributed by atoms with van der Waals surface area (Å²) in [6, 6.07) is 2.88. The van der Waals surface area contributed by atoms with E-state index >= 15 is 0 Å². The Hall–Kier alpha value is -1.65. The molecule has 5 heteroatoms. The third-order valence-electron chi connectivity index (χ3n) is 1.49. The van der Waals surface area contributed by atoms with Crippen molar-refractivity contribution in [3.8, 4) is 5.75 Å². The standard InChI is InChI=1S/C9H12N2O3/c1-7(2)6-14-8-3-4-9(10-5-8)11(12)13/h3-5,7H,6H2,1-2H3. The maximum atomic E-state index is 10.3. The van der Waals surface area contributed by atoms with Crippen molar-refractivity contribution in [3.05, 3.63) is 28.4 Å². The van der Waals surface area contributed by atoms with Gasteiger partial charge in [-0.2, -0.15) is 0 Å². The highest BCUT2D eigenvalue weighted by atomic mass is 16.6. The molecule has 0 amide bonds. The fourth-order valence-electron chi connectivity index (χ4n) is 0.829. The molecule has 76 valence electrons. The topological polar surface area (TPSA) is 65.3 Å². The van der Waals surface area contributed by atoms with Crippen LogP contribution in [0.3, 0.4) is 0 Å². The van der Waals surface area contributed by atoms with Crippen LogP contribution in [0.2, 0.25) is 0 Å². The molecule has 0 bridgehead atoms. The van der Waals surface area contributed by atoms with E-state index in [1.807, 2.05) is 13.8 Å². The molecule has 1 aromatic heterocycles. The number of rotatable bonds is 4. The van der Waals surface area contributed by atoms with Gasteiger partial charge in [0.2, 0.25) is 0 Å². The molecule has 0 aliphatic heterocycles. The van der Waals surface area contributed by atoms with Crippen LogP contribution in [0.25, 0.3) is 0 Å². The average Bonchev–Trinajstić information content (AvgIpc) is 2.15. The lowest BCUT2D eigenvalue weighted by atomic mass is 10.2. The predicted octanol–water partition coefficient (Wildman–Crippen LogP) is 2.02. The Kier molecular flexibility index (Phi) is 3.39. The predicted molar refractivity (Wildman–Crippen MR) is 51.2 cm³/mol. The molecule has 0 atom stereocenters. The van der Waals surface area contributed by atoms with Gasteiger partial charge in [-0.25, -0.2) is 0 Å². The van der Waals surface area contributed by atoms with E-state index < -0.39 is 4.92 Å². The van der Waals surface area contributed by atoms with Gasteiger partial charge in [0.1, 0.15) is 0 Å². The lowest BCUT2D eigenvalue weighted by molar-refractivity contribution is -0.389. The van der Waals surface area contributed by atoms with Crippen molar-refractivity contribution in [1.82, 2.24) is 4.98 Å². The number of pyridine rings is 1. The minimum atomic E-state index is -0.535. The highest BCUT2D eigenvalue weighted by Gasteiger charge is 2.06. The van der Waals surface area contributed by atoms with Gasteiger partial charge in [-0.3, -0.25) is 0 Å². The largest absolute Gasteiger partial charge is 0.489 e. The molecule has 14 heavy (non-hydrogen) atoms. The van der Waals surface area contributed by atoms with E-state index in [9.17, 15) is 10.1 Å². The number of nitrogens with zero attached hydrogens (tertiary/aromatic N) is 2. The minimum Gasteiger partial charge on any atom is -0.489 e. The van der Waals surface area contributed by atoms with Gasteiger partial charge >= 0.3 is 5.82 Å². The van der Waals surface area contributed by atoms with Crippen molar-refractivity contribution in [1.29, 1.82) is 0 Å². The maximum Gasteiger partial charge on any atom is 0.363 e. The summed E-state index contributed by atoms with van der Waals surface area (Å²) in [6.07, 6.45) is 1.36. The molecule has 0 saturated carbocycles. The Bertz CT molecular complexity index is 308. The number of hydrogen-bond acceptors (Lipinski definition) is 4. The molecule has 0 unspecified atom stereocenters. The molecule has 0 fully saturated rings. The second-order valence-corrected chi connectivity index (χ2v) is 3.31. The Labute approximate surface area is 81.9 Å². The summed E-state index contributed by atoms with van der Waals surface area (Å²) < 4.78 is 5.32. The molecule has 0 aromatic carbocycles. The van der Waals surface area contributed by atoms with Crippen molar-refractivity contribution >= 4 is 5.82 Å². The van der Waals surface area contributed by atoms with Crippen molar-refractivity contribution in [2.45, 2.75) is 13.8 Å². The summed E-state index contributed by atoms with van der Waals surface area (Å²) >= 11 is 0. The summed E-state index contributed by atoms with van der Waals surface area (Å²) in [5.74, 6) is 0.816. The molecule has 1 heterocycles. The lowest BCUT2D eigenvalue weighted by Crippen LogP contribution is -2.04. The van der Waals surface area contributed by atoms with Gasteiger partial charge in [-0.05, 0) is 21.9 Å². The highest BCUT2D eigenvalue weighted by molar-refractivity contribution is 5.26. The zero-order chi connectivity index (χ0) is 10.6. The van der Waals surface area contributed by atoms with E-state index in [0.29, 0.717) is 18.3 Å². The third kappa shape index (κ3) is 3.01. The zero-order valence-electron chi connectivity index (χ0n) is 8.14. The molecule has 0 aliphatic rings. The van der Waals surface area contributed by atoms with Crippen molar-refractivity contribution < 1.29 is 9.66 Å². The second-order valence-electron chi connectivity index (χ2n) is 3.31. The van der Waals surface area contributed by atoms with E-state index in [1.54, 1.807) is 6.07 Å². The van der Waals surface area contributed by atoms with Gasteiger partial charge in [0.15, 0.2) is 11.9 Å². The first-order valence-electron chi connectivity index (χ1n) is 4.33. The average molecular weight is 196 g/mol. The fraction of sp³-hybridized carbons (Fsp3) is 0.444. The van der Waals surface area contributed by atoms with Crippen molar-refractivity contribution in [2.24, 2.45) is 5.92 Å². The van der Waals surface area contributed by atoms with E-state index in [2.05, 4.69) is 4.98 Å². The van der Waals surface area contributed by atoms with E-state index in [0.717, 1.165) is 0 Å². The fourth-order valence-corrected chi connectivity index (χ4v) is 0.829. The first-order valence-corrected chi connectivity index (χ1v) is 4.33. The SMILES string of the molecule is CC(C)COc1ccc([N+](=O)[O-])nc1. The number of ether oxygens (including phenoxy) is 1. The van der Waals surface area contributed by atoms with Crippen LogP contribution in [-0.2, 0) is 0 Å². The van der Waals surface area contributed by atoms with Crippen LogP contribution in [0.5, 0.6) is 5.75 Å². The minimum absolute atomic E-state index is 0.165. The molecule has 0 spiro atoms. The van der Waals surface area contributed by atoms with E-state index in [1.165, 1.54) is 12.3 Å². The molecule has 0 aliphatic carbocycles. The van der Waals surface area contributed by atoms with Crippen LogP contribution in [0, 0.1) is 16.0 Å². The molecular weight excluding hydrogens is 184 g/mol. The van der Waals surface area contributed by atoms with Crippen LogP contribution >= 0.6 is 0 Å². The maximum absolute atomic E-state index is 10.3. The quantitative estimate of drug-likeness (QED) is 0.545. The Balaban J connectivity index is 2.60. The Morgan fingerprint density at radius 3 is 2.71 bits per heavy atom. The Morgan fingerprint density at radius 1 is 1.57 bits per heavy atom. The van der Waals surface area contributed by atoms with E-state index in [4.69, 9.17) is 4.74 Å². The van der Waals surface area contributed by atoms with Crippen LogP contribution in [0.4, 0.5) is 5.82 Å². The number of nitro groups is 1. The first-order chi connectivity index (χ1) is 6.59. The van der Waals surface area contributed by atoms with Crippen molar-refractivity contribution in [3.63, 3.8) is 0 Å². The molecule has 0 N–H and O–H groups in total. The normalized spacial score (nSPS) is 10.2. The Morgan fingerprint density at radius 2 is 2.29 bits per heavy atom. The summed E-state index contributed by atoms with van der Waals surface area (Å²) in [5, 5.41) is 10.3.